The Kier molecular flexibility index (Phi) is 4.45. The van der Waals surface area contributed by atoms with Crippen molar-refractivity contribution in [2.75, 3.05) is 13.1 Å². The summed E-state index contributed by atoms with van der Waals surface area (Å²) in [5.41, 5.74) is -6.30. The molecule has 1 heterocycles. The molecule has 0 aromatic rings. The molecule has 1 saturated heterocycles. The maximum absolute atomic E-state index is 13.8. The molecule has 0 radical (unpaired) electrons. The number of hydrogen-bond acceptors (Lipinski definition) is 4. The number of likely N-dealkylation sites (tertiary alicyclic amines) is 1. The van der Waals surface area contributed by atoms with Crippen LogP contribution in [-0.2, 0) is 14.3 Å². The Morgan fingerprint density at radius 3 is 2.05 bits per heavy atom. The third kappa shape index (κ3) is 3.79. The highest BCUT2D eigenvalue weighted by Crippen LogP contribution is 2.36. The Morgan fingerprint density at radius 2 is 1.70 bits per heavy atom. The Bertz CT molecular complexity index is 454. The minimum atomic E-state index is -6.02. The molecular formula is C10H16F5NO3S. The Hall–Kier alpha value is -0.480. The molecule has 0 aliphatic carbocycles. The second kappa shape index (κ2) is 5.06. The van der Waals surface area contributed by atoms with Crippen molar-refractivity contribution in [3.8, 4) is 0 Å². The zero-order valence-electron chi connectivity index (χ0n) is 11.2. The zero-order valence-corrected chi connectivity index (χ0v) is 12.0. The fourth-order valence-electron chi connectivity index (χ4n) is 1.82. The van der Waals surface area contributed by atoms with Crippen molar-refractivity contribution in [1.82, 2.24) is 4.90 Å². The molecule has 1 fully saturated rings. The van der Waals surface area contributed by atoms with Crippen molar-refractivity contribution in [2.45, 2.75) is 50.3 Å². The number of piperidine rings is 1. The number of hydrogen-bond donors (Lipinski definition) is 0. The van der Waals surface area contributed by atoms with E-state index in [4.69, 9.17) is 0 Å². The first kappa shape index (κ1) is 17.6. The van der Waals surface area contributed by atoms with Crippen LogP contribution in [0, 0.1) is 0 Å². The lowest BCUT2D eigenvalue weighted by Crippen LogP contribution is -2.58. The predicted octanol–water partition coefficient (Wildman–Crippen LogP) is 2.36. The van der Waals surface area contributed by atoms with Gasteiger partial charge in [0.2, 0.25) is 0 Å². The summed E-state index contributed by atoms with van der Waals surface area (Å²) in [4.78, 5) is 1.37. The van der Waals surface area contributed by atoms with Crippen LogP contribution < -0.4 is 0 Å². The molecule has 1 atom stereocenters. The summed E-state index contributed by atoms with van der Waals surface area (Å²) in [6.45, 7) is 4.20. The second-order valence-electron chi connectivity index (χ2n) is 5.63. The van der Waals surface area contributed by atoms with Crippen LogP contribution in [0.1, 0.15) is 27.2 Å². The lowest BCUT2D eigenvalue weighted by atomic mass is 9.97. The summed E-state index contributed by atoms with van der Waals surface area (Å²) in [7, 11) is -6.02. The summed E-state index contributed by atoms with van der Waals surface area (Å²) < 4.78 is 89.2. The van der Waals surface area contributed by atoms with Crippen LogP contribution in [0.25, 0.3) is 0 Å². The maximum Gasteiger partial charge on any atom is 0.523 e. The number of nitrogens with zero attached hydrogens (tertiary/aromatic N) is 1. The fourth-order valence-corrected chi connectivity index (χ4v) is 2.47. The van der Waals surface area contributed by atoms with E-state index in [2.05, 4.69) is 4.18 Å². The van der Waals surface area contributed by atoms with Gasteiger partial charge in [0.25, 0.3) is 5.92 Å². The minimum absolute atomic E-state index is 0.0249. The van der Waals surface area contributed by atoms with Crippen LogP contribution in [0.3, 0.4) is 0 Å². The first-order valence-electron chi connectivity index (χ1n) is 5.79. The summed E-state index contributed by atoms with van der Waals surface area (Å²) >= 11 is 0. The fraction of sp³-hybridized carbons (Fsp3) is 1.00. The highest BCUT2D eigenvalue weighted by Gasteiger charge is 2.55. The molecule has 0 saturated carbocycles. The van der Waals surface area contributed by atoms with Gasteiger partial charge in [0.05, 0.1) is 6.54 Å². The Morgan fingerprint density at radius 1 is 1.20 bits per heavy atom. The summed E-state index contributed by atoms with van der Waals surface area (Å²) in [6, 6.07) is 0. The Labute approximate surface area is 114 Å². The molecule has 10 heteroatoms. The Balaban J connectivity index is 2.87. The highest BCUT2D eigenvalue weighted by atomic mass is 32.2. The normalized spacial score (nSPS) is 25.7. The average Bonchev–Trinajstić information content (AvgIpc) is 2.17. The van der Waals surface area contributed by atoms with Crippen molar-refractivity contribution in [3.05, 3.63) is 0 Å². The lowest BCUT2D eigenvalue weighted by Gasteiger charge is -2.44. The van der Waals surface area contributed by atoms with Gasteiger partial charge in [0, 0.05) is 12.1 Å². The topological polar surface area (TPSA) is 46.6 Å². The van der Waals surface area contributed by atoms with E-state index in [0.29, 0.717) is 0 Å². The molecule has 0 aromatic carbocycles. The van der Waals surface area contributed by atoms with E-state index in [1.54, 1.807) is 20.8 Å². The molecule has 0 amide bonds. The van der Waals surface area contributed by atoms with E-state index in [-0.39, 0.29) is 6.54 Å². The molecule has 1 rings (SSSR count). The van der Waals surface area contributed by atoms with Crippen molar-refractivity contribution in [1.29, 1.82) is 0 Å². The van der Waals surface area contributed by atoms with Gasteiger partial charge in [-0.05, 0) is 27.2 Å². The highest BCUT2D eigenvalue weighted by molar-refractivity contribution is 7.87. The van der Waals surface area contributed by atoms with E-state index in [9.17, 15) is 30.4 Å². The molecule has 120 valence electrons. The average molecular weight is 325 g/mol. The molecule has 1 aliphatic heterocycles. The number of rotatable bonds is 2. The SMILES string of the molecule is CC(C)(C)N1CCC(OS(=O)(=O)C(F)(F)F)C(F)(F)C1. The van der Waals surface area contributed by atoms with Crippen LogP contribution in [0.2, 0.25) is 0 Å². The quantitative estimate of drug-likeness (QED) is 0.444. The van der Waals surface area contributed by atoms with Crippen LogP contribution in [0.5, 0.6) is 0 Å². The van der Waals surface area contributed by atoms with Crippen molar-refractivity contribution in [2.24, 2.45) is 0 Å². The molecule has 1 unspecified atom stereocenters. The molecular weight excluding hydrogens is 309 g/mol. The molecule has 0 bridgehead atoms. The zero-order chi connectivity index (χ0) is 16.0. The van der Waals surface area contributed by atoms with Gasteiger partial charge in [-0.15, -0.1) is 0 Å². The smallest absolute Gasteiger partial charge is 0.292 e. The lowest BCUT2D eigenvalue weighted by molar-refractivity contribution is -0.157. The third-order valence-corrected chi connectivity index (χ3v) is 4.06. The minimum Gasteiger partial charge on any atom is -0.292 e. The molecule has 0 spiro atoms. The van der Waals surface area contributed by atoms with Crippen molar-refractivity contribution < 1.29 is 34.6 Å². The summed E-state index contributed by atoms with van der Waals surface area (Å²) in [6.07, 6.45) is -2.80. The first-order valence-corrected chi connectivity index (χ1v) is 7.20. The molecule has 1 aliphatic rings. The van der Waals surface area contributed by atoms with E-state index < -0.39 is 46.2 Å². The largest absolute Gasteiger partial charge is 0.523 e. The van der Waals surface area contributed by atoms with Crippen LogP contribution >= 0.6 is 0 Å². The van der Waals surface area contributed by atoms with Gasteiger partial charge in [-0.25, -0.2) is 8.78 Å². The molecule has 4 nitrogen and oxygen atoms in total. The second-order valence-corrected chi connectivity index (χ2v) is 7.19. The van der Waals surface area contributed by atoms with E-state index in [1.165, 1.54) is 4.90 Å². The van der Waals surface area contributed by atoms with Gasteiger partial charge in [-0.2, -0.15) is 21.6 Å². The van der Waals surface area contributed by atoms with Crippen molar-refractivity contribution in [3.63, 3.8) is 0 Å². The molecule has 0 N–H and O–H groups in total. The van der Waals surface area contributed by atoms with Gasteiger partial charge < -0.3 is 0 Å². The van der Waals surface area contributed by atoms with Gasteiger partial charge in [0.15, 0.2) is 0 Å². The maximum atomic E-state index is 13.8. The van der Waals surface area contributed by atoms with Gasteiger partial charge in [-0.1, -0.05) is 0 Å². The first-order chi connectivity index (χ1) is 8.67. The number of alkyl halides is 5. The summed E-state index contributed by atoms with van der Waals surface area (Å²) in [5.74, 6) is -3.68. The van der Waals surface area contributed by atoms with Crippen molar-refractivity contribution >= 4 is 10.1 Å². The monoisotopic (exact) mass is 325 g/mol. The van der Waals surface area contributed by atoms with Gasteiger partial charge in [0.1, 0.15) is 6.10 Å². The van der Waals surface area contributed by atoms with E-state index in [1.807, 2.05) is 0 Å². The van der Waals surface area contributed by atoms with E-state index >= 15 is 0 Å². The van der Waals surface area contributed by atoms with Crippen LogP contribution in [0.15, 0.2) is 0 Å². The predicted molar refractivity (Wildman–Crippen MR) is 60.7 cm³/mol. The van der Waals surface area contributed by atoms with Crippen LogP contribution in [-0.4, -0.2) is 49.5 Å². The van der Waals surface area contributed by atoms with Gasteiger partial charge >= 0.3 is 15.6 Å². The van der Waals surface area contributed by atoms with Gasteiger partial charge in [-0.3, -0.25) is 9.08 Å². The number of halogens is 5. The standard InChI is InChI=1S/C10H16F5NO3S/c1-8(2,3)16-5-4-7(9(11,12)6-16)19-20(17,18)10(13,14)15/h7H,4-6H2,1-3H3. The summed E-state index contributed by atoms with van der Waals surface area (Å²) in [5, 5.41) is 0. The molecule has 0 aromatic heterocycles. The van der Waals surface area contributed by atoms with Crippen LogP contribution in [0.4, 0.5) is 22.0 Å². The van der Waals surface area contributed by atoms with E-state index in [0.717, 1.165) is 0 Å². The molecule has 20 heavy (non-hydrogen) atoms. The third-order valence-electron chi connectivity index (χ3n) is 3.01.